The maximum atomic E-state index is 13.1. The highest BCUT2D eigenvalue weighted by molar-refractivity contribution is 6.15. The normalized spacial score (nSPS) is 19.0. The van der Waals surface area contributed by atoms with E-state index in [0.717, 1.165) is 36.8 Å². The second kappa shape index (κ2) is 15.1. The third-order valence-electron chi connectivity index (χ3n) is 6.80. The lowest BCUT2D eigenvalue weighted by Gasteiger charge is -2.37. The number of carbonyl (C=O) groups is 3. The number of aliphatic hydroxyl groups excluding tert-OH is 2. The lowest BCUT2D eigenvalue weighted by atomic mass is 9.80. The van der Waals surface area contributed by atoms with Crippen molar-refractivity contribution in [3.63, 3.8) is 0 Å². The van der Waals surface area contributed by atoms with E-state index in [1.54, 1.807) is 6.20 Å². The summed E-state index contributed by atoms with van der Waals surface area (Å²) in [6.07, 6.45) is 4.93. The highest BCUT2D eigenvalue weighted by Crippen LogP contribution is 2.31. The van der Waals surface area contributed by atoms with E-state index in [0.29, 0.717) is 23.0 Å². The first-order chi connectivity index (χ1) is 18.1. The second-order valence-electron chi connectivity index (χ2n) is 9.53. The number of aliphatic carboxylic acids is 2. The number of pyridine rings is 1. The predicted octanol–water partition coefficient (Wildman–Crippen LogP) is 3.56. The fraction of sp³-hybridized carbons (Fsp3) is 0.448. The van der Waals surface area contributed by atoms with Gasteiger partial charge in [-0.05, 0) is 61.9 Å². The van der Waals surface area contributed by atoms with Crippen molar-refractivity contribution in [2.75, 3.05) is 19.6 Å². The highest BCUT2D eigenvalue weighted by Gasteiger charge is 2.30. The van der Waals surface area contributed by atoms with Crippen LogP contribution in [-0.2, 0) is 9.59 Å². The first-order valence-electron chi connectivity index (χ1n) is 12.8. The van der Waals surface area contributed by atoms with Crippen molar-refractivity contribution in [1.82, 2.24) is 9.88 Å². The molecule has 0 aliphatic carbocycles. The molecule has 206 valence electrons. The first kappa shape index (κ1) is 30.8. The number of aromatic nitrogens is 1. The molecule has 0 bridgehead atoms. The minimum atomic E-state index is -2.27. The molecule has 0 amide bonds. The molecule has 3 rings (SSSR count). The van der Waals surface area contributed by atoms with Gasteiger partial charge in [0.1, 0.15) is 0 Å². The van der Waals surface area contributed by atoms with Crippen LogP contribution in [-0.4, -0.2) is 79.9 Å². The fourth-order valence-corrected chi connectivity index (χ4v) is 4.57. The monoisotopic (exact) mass is 526 g/mol. The number of hydrogen-bond donors (Lipinski definition) is 4. The van der Waals surface area contributed by atoms with Crippen molar-refractivity contribution < 1.29 is 34.8 Å². The molecule has 4 unspecified atom stereocenters. The van der Waals surface area contributed by atoms with Crippen LogP contribution in [0.15, 0.2) is 61.3 Å². The highest BCUT2D eigenvalue weighted by atomic mass is 16.4. The number of hydrogen-bond acceptors (Lipinski definition) is 7. The number of likely N-dealkylation sites (tertiary alicyclic amines) is 1. The number of allylic oxidation sites excluding steroid dienone is 1. The number of aliphatic hydroxyl groups is 2. The van der Waals surface area contributed by atoms with Crippen molar-refractivity contribution >= 4 is 28.6 Å². The third kappa shape index (κ3) is 8.58. The standard InChI is InChI=1S/C25H32N2O.C4H6O6/c1-4-6-9-15-27-16-13-21(20(5-2)18-27)17-19(3)25(28)23-12-14-26-24-11-8-7-10-22(23)24;5-1(3(7)8)2(6)4(9)10/h5,7-8,10-12,14,20-21H,2-4,6,9,13,15-18H2,1H3;1-2,5-6H,(H,7,8)(H,9,10). The third-order valence-corrected chi connectivity index (χ3v) is 6.80. The minimum absolute atomic E-state index is 0.0480. The average molecular weight is 527 g/mol. The van der Waals surface area contributed by atoms with E-state index >= 15 is 0 Å². The van der Waals surface area contributed by atoms with Gasteiger partial charge in [0.25, 0.3) is 0 Å². The summed E-state index contributed by atoms with van der Waals surface area (Å²) in [6, 6.07) is 9.62. The first-order valence-corrected chi connectivity index (χ1v) is 12.8. The number of Topliss-reactive ketones (excluding diaryl/α,β-unsaturated/α-hetero) is 1. The smallest absolute Gasteiger partial charge is 0.335 e. The van der Waals surface area contributed by atoms with Crippen molar-refractivity contribution in [1.29, 1.82) is 0 Å². The molecular weight excluding hydrogens is 488 g/mol. The number of nitrogens with zero attached hydrogens (tertiary/aromatic N) is 2. The van der Waals surface area contributed by atoms with Gasteiger partial charge in [0, 0.05) is 23.7 Å². The number of carboxylic acids is 2. The molecule has 1 aromatic heterocycles. The van der Waals surface area contributed by atoms with Gasteiger partial charge in [-0.25, -0.2) is 9.59 Å². The maximum absolute atomic E-state index is 13.1. The van der Waals surface area contributed by atoms with Crippen LogP contribution in [0.4, 0.5) is 0 Å². The van der Waals surface area contributed by atoms with Gasteiger partial charge < -0.3 is 25.3 Å². The van der Waals surface area contributed by atoms with Crippen molar-refractivity contribution in [2.45, 2.75) is 51.2 Å². The van der Waals surface area contributed by atoms with E-state index in [9.17, 15) is 14.4 Å². The van der Waals surface area contributed by atoms with Gasteiger partial charge in [-0.2, -0.15) is 0 Å². The summed E-state index contributed by atoms with van der Waals surface area (Å²) in [5.74, 6) is -2.62. The number of benzene rings is 1. The van der Waals surface area contributed by atoms with Gasteiger partial charge in [0.05, 0.1) is 5.52 Å². The number of para-hydroxylation sites is 1. The molecule has 9 nitrogen and oxygen atoms in total. The number of piperidine rings is 1. The Bertz CT molecular complexity index is 1110. The van der Waals surface area contributed by atoms with Crippen LogP contribution in [0.5, 0.6) is 0 Å². The fourth-order valence-electron chi connectivity index (χ4n) is 4.57. The number of unbranched alkanes of at least 4 members (excludes halogenated alkanes) is 2. The van der Waals surface area contributed by atoms with Gasteiger partial charge >= 0.3 is 11.9 Å². The molecule has 0 radical (unpaired) electrons. The summed E-state index contributed by atoms with van der Waals surface area (Å²) in [5.41, 5.74) is 2.26. The zero-order valence-corrected chi connectivity index (χ0v) is 21.8. The molecule has 4 atom stereocenters. The molecule has 9 heteroatoms. The summed E-state index contributed by atoms with van der Waals surface area (Å²) in [7, 11) is 0. The Labute approximate surface area is 223 Å². The van der Waals surface area contributed by atoms with Crippen LogP contribution in [0, 0.1) is 11.8 Å². The number of ketones is 1. The van der Waals surface area contributed by atoms with E-state index in [-0.39, 0.29) is 5.78 Å². The van der Waals surface area contributed by atoms with Crippen LogP contribution >= 0.6 is 0 Å². The predicted molar refractivity (Wildman–Crippen MR) is 145 cm³/mol. The topological polar surface area (TPSA) is 148 Å². The molecule has 38 heavy (non-hydrogen) atoms. The van der Waals surface area contributed by atoms with E-state index in [4.69, 9.17) is 20.4 Å². The number of carbonyl (C=O) groups excluding carboxylic acids is 1. The summed E-state index contributed by atoms with van der Waals surface area (Å²) in [6.45, 7) is 13.8. The summed E-state index contributed by atoms with van der Waals surface area (Å²) >= 11 is 0. The molecule has 2 aromatic rings. The second-order valence-corrected chi connectivity index (χ2v) is 9.53. The van der Waals surface area contributed by atoms with E-state index in [1.807, 2.05) is 30.3 Å². The Balaban J connectivity index is 0.000000432. The minimum Gasteiger partial charge on any atom is -0.479 e. The molecule has 0 spiro atoms. The van der Waals surface area contributed by atoms with Crippen molar-refractivity contribution in [3.05, 3.63) is 66.9 Å². The van der Waals surface area contributed by atoms with Gasteiger partial charge in [0.15, 0.2) is 18.0 Å². The molecule has 1 aliphatic heterocycles. The molecule has 1 saturated heterocycles. The molecule has 1 aromatic carbocycles. The van der Waals surface area contributed by atoms with E-state index < -0.39 is 24.1 Å². The molecule has 2 heterocycles. The molecule has 1 aliphatic rings. The maximum Gasteiger partial charge on any atom is 0.335 e. The summed E-state index contributed by atoms with van der Waals surface area (Å²) in [5, 5.41) is 33.4. The van der Waals surface area contributed by atoms with Crippen LogP contribution in [0.25, 0.3) is 10.9 Å². The SMILES string of the molecule is C=CC1CN(CCCCC)CCC1CC(=C)C(=O)c1ccnc2ccccc12.O=C(O)C(O)C(O)C(=O)O. The van der Waals surface area contributed by atoms with E-state index in [1.165, 1.54) is 25.8 Å². The lowest BCUT2D eigenvalue weighted by molar-refractivity contribution is -0.165. The van der Waals surface area contributed by atoms with Gasteiger partial charge in [-0.3, -0.25) is 9.78 Å². The van der Waals surface area contributed by atoms with Crippen LogP contribution in [0.2, 0.25) is 0 Å². The molecule has 1 fully saturated rings. The van der Waals surface area contributed by atoms with Crippen molar-refractivity contribution in [2.24, 2.45) is 11.8 Å². The quantitative estimate of drug-likeness (QED) is 0.141. The Morgan fingerprint density at radius 3 is 2.37 bits per heavy atom. The van der Waals surface area contributed by atoms with Gasteiger partial charge in [-0.15, -0.1) is 6.58 Å². The zero-order chi connectivity index (χ0) is 28.2. The Kier molecular flexibility index (Phi) is 12.3. The molecule has 4 N–H and O–H groups in total. The van der Waals surface area contributed by atoms with Crippen molar-refractivity contribution in [3.8, 4) is 0 Å². The Hall–Kier alpha value is -3.40. The molecule has 0 saturated carbocycles. The van der Waals surface area contributed by atoms with Gasteiger partial charge in [-0.1, -0.05) is 50.6 Å². The summed E-state index contributed by atoms with van der Waals surface area (Å²) in [4.78, 5) is 39.6. The van der Waals surface area contributed by atoms with Crippen LogP contribution in [0.3, 0.4) is 0 Å². The largest absolute Gasteiger partial charge is 0.479 e. The average Bonchev–Trinajstić information content (AvgIpc) is 2.92. The Morgan fingerprint density at radius 2 is 1.76 bits per heavy atom. The number of rotatable bonds is 12. The number of fused-ring (bicyclic) bond motifs is 1. The summed E-state index contributed by atoms with van der Waals surface area (Å²) < 4.78 is 0. The lowest BCUT2D eigenvalue weighted by Crippen LogP contribution is -2.40. The van der Waals surface area contributed by atoms with Crippen LogP contribution < -0.4 is 0 Å². The van der Waals surface area contributed by atoms with Gasteiger partial charge in [0.2, 0.25) is 0 Å². The number of carboxylic acid groups (broad SMARTS) is 2. The zero-order valence-electron chi connectivity index (χ0n) is 21.8. The molecular formula is C29H38N2O7. The Morgan fingerprint density at radius 1 is 1.11 bits per heavy atom. The van der Waals surface area contributed by atoms with E-state index in [2.05, 4.69) is 36.0 Å². The van der Waals surface area contributed by atoms with Crippen LogP contribution in [0.1, 0.15) is 49.4 Å².